The maximum atomic E-state index is 12.3. The number of amides is 1. The number of nitrogens with one attached hydrogen (secondary N) is 1. The third-order valence-corrected chi connectivity index (χ3v) is 5.86. The fourth-order valence-electron chi connectivity index (χ4n) is 3.81. The smallest absolute Gasteiger partial charge is 0.220 e. The van der Waals surface area contributed by atoms with Gasteiger partial charge in [0.1, 0.15) is 0 Å². The minimum absolute atomic E-state index is 0.00182. The number of benzene rings is 2. The Morgan fingerprint density at radius 2 is 1.76 bits per heavy atom. The molecule has 33 heavy (non-hydrogen) atoms. The number of rotatable bonds is 11. The summed E-state index contributed by atoms with van der Waals surface area (Å²) in [5.41, 5.74) is 2.97. The summed E-state index contributed by atoms with van der Waals surface area (Å²) in [6.07, 6.45) is 0.974. The van der Waals surface area contributed by atoms with Gasteiger partial charge in [-0.15, -0.1) is 0 Å². The van der Waals surface area contributed by atoms with Crippen LogP contribution in [0.2, 0.25) is 0 Å². The second kappa shape index (κ2) is 12.4. The van der Waals surface area contributed by atoms with E-state index in [1.54, 1.807) is 25.3 Å². The van der Waals surface area contributed by atoms with Crippen LogP contribution in [-0.2, 0) is 17.9 Å². The van der Waals surface area contributed by atoms with Crippen LogP contribution in [0, 0.1) is 0 Å². The molecule has 0 atom stereocenters. The second-order valence-corrected chi connectivity index (χ2v) is 8.55. The predicted octanol–water partition coefficient (Wildman–Crippen LogP) is 3.12. The third-order valence-electron chi connectivity index (χ3n) is 5.86. The Kier molecular flexibility index (Phi) is 9.27. The van der Waals surface area contributed by atoms with Crippen LogP contribution in [0.4, 0.5) is 0 Å². The van der Waals surface area contributed by atoms with Gasteiger partial charge in [0.2, 0.25) is 5.91 Å². The molecule has 1 heterocycles. The molecule has 0 aliphatic carbocycles. The molecule has 1 fully saturated rings. The van der Waals surface area contributed by atoms with E-state index in [4.69, 9.17) is 9.47 Å². The molecule has 0 saturated carbocycles. The number of nitrogens with zero attached hydrogens (tertiary/aromatic N) is 2. The zero-order valence-corrected chi connectivity index (χ0v) is 19.9. The van der Waals surface area contributed by atoms with Gasteiger partial charge in [0, 0.05) is 51.3 Å². The second-order valence-electron chi connectivity index (χ2n) is 8.55. The van der Waals surface area contributed by atoms with Crippen LogP contribution in [0.1, 0.15) is 41.3 Å². The highest BCUT2D eigenvalue weighted by molar-refractivity contribution is 5.94. The highest BCUT2D eigenvalue weighted by Gasteiger charge is 2.14. The van der Waals surface area contributed by atoms with Gasteiger partial charge in [0.15, 0.2) is 17.3 Å². The van der Waals surface area contributed by atoms with Crippen LogP contribution in [0.25, 0.3) is 0 Å². The van der Waals surface area contributed by atoms with Crippen molar-refractivity contribution in [1.29, 1.82) is 0 Å². The van der Waals surface area contributed by atoms with Gasteiger partial charge >= 0.3 is 0 Å². The summed E-state index contributed by atoms with van der Waals surface area (Å²) in [6.45, 7) is 7.77. The van der Waals surface area contributed by atoms with Crippen molar-refractivity contribution < 1.29 is 19.1 Å². The number of likely N-dealkylation sites (N-methyl/N-ethyl adjacent to an activating group) is 1. The van der Waals surface area contributed by atoms with Gasteiger partial charge in [-0.05, 0) is 49.7 Å². The Bertz CT molecular complexity index is 939. The molecule has 1 amide bonds. The van der Waals surface area contributed by atoms with Crippen molar-refractivity contribution in [2.75, 3.05) is 46.9 Å². The number of hydrogen-bond acceptors (Lipinski definition) is 6. The number of ketones is 1. The third kappa shape index (κ3) is 7.87. The fraction of sp³-hybridized carbons (Fsp3) is 0.462. The van der Waals surface area contributed by atoms with Gasteiger partial charge in [-0.2, -0.15) is 0 Å². The van der Waals surface area contributed by atoms with E-state index in [9.17, 15) is 9.59 Å². The summed E-state index contributed by atoms with van der Waals surface area (Å²) in [4.78, 5) is 28.6. The van der Waals surface area contributed by atoms with Crippen molar-refractivity contribution in [2.45, 2.75) is 32.9 Å². The van der Waals surface area contributed by atoms with Crippen LogP contribution in [-0.4, -0.2) is 68.4 Å². The number of hydrogen-bond donors (Lipinski definition) is 1. The van der Waals surface area contributed by atoms with Crippen molar-refractivity contribution in [3.8, 4) is 11.5 Å². The summed E-state index contributed by atoms with van der Waals surface area (Å²) >= 11 is 0. The minimum Gasteiger partial charge on any atom is -0.493 e. The normalized spacial score (nSPS) is 14.6. The summed E-state index contributed by atoms with van der Waals surface area (Å²) in [7, 11) is 3.70. The first-order valence-electron chi connectivity index (χ1n) is 11.5. The highest BCUT2D eigenvalue weighted by atomic mass is 16.5. The Balaban J connectivity index is 1.38. The summed E-state index contributed by atoms with van der Waals surface area (Å²) in [5, 5.41) is 3.00. The quantitative estimate of drug-likeness (QED) is 0.416. The van der Waals surface area contributed by atoms with E-state index >= 15 is 0 Å². The van der Waals surface area contributed by atoms with Gasteiger partial charge in [0.25, 0.3) is 0 Å². The topological polar surface area (TPSA) is 71.1 Å². The first-order valence-corrected chi connectivity index (χ1v) is 11.5. The van der Waals surface area contributed by atoms with Crippen molar-refractivity contribution >= 4 is 11.7 Å². The number of carbonyl (C=O) groups excluding carboxylic acids is 2. The van der Waals surface area contributed by atoms with Gasteiger partial charge < -0.3 is 19.7 Å². The number of ether oxygens (including phenoxy) is 2. The summed E-state index contributed by atoms with van der Waals surface area (Å²) < 4.78 is 11.0. The summed E-state index contributed by atoms with van der Waals surface area (Å²) in [6, 6.07) is 13.5. The molecule has 2 aromatic carbocycles. The van der Waals surface area contributed by atoms with E-state index in [0.29, 0.717) is 43.1 Å². The molecule has 0 aromatic heterocycles. The Morgan fingerprint density at radius 1 is 1.00 bits per heavy atom. The monoisotopic (exact) mass is 453 g/mol. The number of carbonyl (C=O) groups is 2. The molecular formula is C26H35N3O4. The zero-order valence-electron chi connectivity index (χ0n) is 19.9. The van der Waals surface area contributed by atoms with Gasteiger partial charge in [-0.1, -0.05) is 24.3 Å². The largest absolute Gasteiger partial charge is 0.493 e. The number of methoxy groups -OCH3 is 1. The average Bonchev–Trinajstić information content (AvgIpc) is 2.82. The fourth-order valence-corrected chi connectivity index (χ4v) is 3.81. The lowest BCUT2D eigenvalue weighted by molar-refractivity contribution is -0.121. The molecule has 2 aromatic rings. The average molecular weight is 454 g/mol. The Labute approximate surface area is 196 Å². The molecular weight excluding hydrogens is 418 g/mol. The van der Waals surface area contributed by atoms with E-state index in [0.717, 1.165) is 38.3 Å². The van der Waals surface area contributed by atoms with E-state index in [1.165, 1.54) is 12.5 Å². The molecule has 7 heteroatoms. The van der Waals surface area contributed by atoms with Crippen molar-refractivity contribution in [3.63, 3.8) is 0 Å². The first kappa shape index (κ1) is 24.7. The lowest BCUT2D eigenvalue weighted by atomic mass is 10.1. The van der Waals surface area contributed by atoms with Crippen LogP contribution in [0.5, 0.6) is 11.5 Å². The molecule has 1 saturated heterocycles. The SMILES string of the molecule is COc1cc(C(C)=O)ccc1OCCCC(=O)NCc1cccc(CN2CCN(C)CC2)c1. The molecule has 0 radical (unpaired) electrons. The van der Waals surface area contributed by atoms with Crippen LogP contribution < -0.4 is 14.8 Å². The molecule has 7 nitrogen and oxygen atoms in total. The van der Waals surface area contributed by atoms with E-state index in [1.807, 2.05) is 6.07 Å². The molecule has 1 N–H and O–H groups in total. The first-order chi connectivity index (χ1) is 15.9. The molecule has 1 aliphatic heterocycles. The Morgan fingerprint density at radius 3 is 2.48 bits per heavy atom. The molecule has 0 unspecified atom stereocenters. The maximum absolute atomic E-state index is 12.3. The standard InChI is InChI=1S/C26H35N3O4/c1-20(30)23-9-10-24(25(17-23)32-3)33-15-5-8-26(31)27-18-21-6-4-7-22(16-21)19-29-13-11-28(2)12-14-29/h4,6-7,9-10,16-17H,5,8,11-15,18-19H2,1-3H3,(H,27,31). The van der Waals surface area contributed by atoms with Crippen LogP contribution in [0.3, 0.4) is 0 Å². The van der Waals surface area contributed by atoms with Gasteiger partial charge in [-0.3, -0.25) is 14.5 Å². The van der Waals surface area contributed by atoms with Crippen molar-refractivity contribution in [1.82, 2.24) is 15.1 Å². The Hall–Kier alpha value is -2.90. The molecule has 0 bridgehead atoms. The van der Waals surface area contributed by atoms with E-state index in [2.05, 4.69) is 40.4 Å². The van der Waals surface area contributed by atoms with Crippen molar-refractivity contribution in [3.05, 3.63) is 59.2 Å². The molecule has 1 aliphatic rings. The molecule has 0 spiro atoms. The highest BCUT2D eigenvalue weighted by Crippen LogP contribution is 2.28. The zero-order chi connectivity index (χ0) is 23.6. The lowest BCUT2D eigenvalue weighted by Crippen LogP contribution is -2.43. The number of piperazine rings is 1. The maximum Gasteiger partial charge on any atom is 0.220 e. The van der Waals surface area contributed by atoms with Crippen molar-refractivity contribution in [2.24, 2.45) is 0 Å². The van der Waals surface area contributed by atoms with Crippen LogP contribution in [0.15, 0.2) is 42.5 Å². The van der Waals surface area contributed by atoms with Crippen LogP contribution >= 0.6 is 0 Å². The predicted molar refractivity (Wildman–Crippen MR) is 129 cm³/mol. The molecule has 178 valence electrons. The van der Waals surface area contributed by atoms with E-state index < -0.39 is 0 Å². The summed E-state index contributed by atoms with van der Waals surface area (Å²) in [5.74, 6) is 1.06. The minimum atomic E-state index is -0.0265. The lowest BCUT2D eigenvalue weighted by Gasteiger charge is -2.32. The van der Waals surface area contributed by atoms with E-state index in [-0.39, 0.29) is 11.7 Å². The van der Waals surface area contributed by atoms with Gasteiger partial charge in [-0.25, -0.2) is 0 Å². The molecule has 3 rings (SSSR count). The number of Topliss-reactive ketones (excluding diaryl/α,β-unsaturated/α-hetero) is 1. The van der Waals surface area contributed by atoms with Gasteiger partial charge in [0.05, 0.1) is 13.7 Å².